The van der Waals surface area contributed by atoms with Gasteiger partial charge in [0.25, 0.3) is 0 Å². The van der Waals surface area contributed by atoms with Crippen molar-refractivity contribution in [3.63, 3.8) is 0 Å². The van der Waals surface area contributed by atoms with Crippen molar-refractivity contribution < 1.29 is 14.7 Å². The maximum absolute atomic E-state index is 8.76. The normalized spacial score (nSPS) is 27.5. The zero-order valence-electron chi connectivity index (χ0n) is 11.8. The van der Waals surface area contributed by atoms with Crippen LogP contribution in [0, 0.1) is 0 Å². The lowest BCUT2D eigenvalue weighted by Gasteiger charge is -2.32. The Morgan fingerprint density at radius 3 is 2.85 bits per heavy atom. The molecule has 0 aromatic carbocycles. The molecule has 1 aliphatic heterocycles. The highest BCUT2D eigenvalue weighted by Gasteiger charge is 2.25. The van der Waals surface area contributed by atoms with Gasteiger partial charge in [0.05, 0.1) is 24.9 Å². The van der Waals surface area contributed by atoms with Gasteiger partial charge in [-0.05, 0) is 32.8 Å². The molecule has 0 saturated carbocycles. The summed E-state index contributed by atoms with van der Waals surface area (Å²) in [6.07, 6.45) is 3.94. The van der Waals surface area contributed by atoms with Crippen molar-refractivity contribution in [1.29, 1.82) is 0 Å². The van der Waals surface area contributed by atoms with E-state index in [1.54, 1.807) is 6.20 Å². The van der Waals surface area contributed by atoms with Gasteiger partial charge in [0.2, 0.25) is 0 Å². The van der Waals surface area contributed by atoms with Gasteiger partial charge < -0.3 is 20.4 Å². The Balaban J connectivity index is 2.00. The van der Waals surface area contributed by atoms with E-state index in [2.05, 4.69) is 24.0 Å². The number of hydrogen-bond donors (Lipinski definition) is 2. The average Bonchev–Trinajstić information content (AvgIpc) is 2.43. The molecule has 6 heteroatoms. The molecule has 2 rings (SSSR count). The van der Waals surface area contributed by atoms with Crippen molar-refractivity contribution in [3.8, 4) is 0 Å². The summed E-state index contributed by atoms with van der Waals surface area (Å²) in [7, 11) is 0. The summed E-state index contributed by atoms with van der Waals surface area (Å²) in [4.78, 5) is 4.12. The monoisotopic (exact) mass is 279 g/mol. The van der Waals surface area contributed by atoms with Crippen LogP contribution in [-0.4, -0.2) is 34.3 Å². The van der Waals surface area contributed by atoms with Crippen LogP contribution in [0.15, 0.2) is 23.5 Å². The largest absolute Gasteiger partial charge is 0.409 e. The van der Waals surface area contributed by atoms with Crippen molar-refractivity contribution in [3.05, 3.63) is 29.6 Å². The van der Waals surface area contributed by atoms with E-state index in [0.717, 1.165) is 18.4 Å². The number of hydrogen-bond acceptors (Lipinski definition) is 5. The third kappa shape index (κ3) is 3.68. The number of nitrogens with two attached hydrogens (primary N) is 1. The van der Waals surface area contributed by atoms with Crippen LogP contribution in [0.5, 0.6) is 0 Å². The van der Waals surface area contributed by atoms with Crippen molar-refractivity contribution in [2.45, 2.75) is 51.6 Å². The van der Waals surface area contributed by atoms with E-state index >= 15 is 0 Å². The quantitative estimate of drug-likeness (QED) is 0.378. The van der Waals surface area contributed by atoms with Gasteiger partial charge >= 0.3 is 0 Å². The molecule has 0 aliphatic carbocycles. The van der Waals surface area contributed by atoms with Gasteiger partial charge in [-0.3, -0.25) is 4.98 Å². The Morgan fingerprint density at radius 1 is 1.50 bits per heavy atom. The first-order valence-electron chi connectivity index (χ1n) is 6.79. The van der Waals surface area contributed by atoms with E-state index < -0.39 is 0 Å². The van der Waals surface area contributed by atoms with Gasteiger partial charge in [0, 0.05) is 11.8 Å². The van der Waals surface area contributed by atoms with Crippen molar-refractivity contribution in [2.24, 2.45) is 10.9 Å². The summed E-state index contributed by atoms with van der Waals surface area (Å²) < 4.78 is 11.6. The van der Waals surface area contributed by atoms with Crippen LogP contribution in [0.2, 0.25) is 0 Å². The first kappa shape index (κ1) is 14.7. The van der Waals surface area contributed by atoms with Gasteiger partial charge in [0.15, 0.2) is 5.84 Å². The van der Waals surface area contributed by atoms with Gasteiger partial charge in [-0.2, -0.15) is 0 Å². The minimum Gasteiger partial charge on any atom is -0.409 e. The molecule has 3 N–H and O–H groups in total. The van der Waals surface area contributed by atoms with Crippen LogP contribution < -0.4 is 5.73 Å². The lowest BCUT2D eigenvalue weighted by molar-refractivity contribution is -0.106. The van der Waals surface area contributed by atoms with E-state index in [0.29, 0.717) is 12.3 Å². The standard InChI is InChI=1S/C14H21N3O3/c1-9-6-12(7-10(2)20-9)19-8-11-4-3-5-16-13(11)14(15)17-18/h3-5,9-10,12,18H,6-8H2,1-2H3,(H2,15,17). The number of ether oxygens (including phenoxy) is 2. The van der Waals surface area contributed by atoms with Crippen molar-refractivity contribution in [1.82, 2.24) is 4.98 Å². The average molecular weight is 279 g/mol. The molecule has 0 spiro atoms. The summed E-state index contributed by atoms with van der Waals surface area (Å²) in [5, 5.41) is 11.8. The van der Waals surface area contributed by atoms with Gasteiger partial charge in [-0.25, -0.2) is 0 Å². The molecule has 0 amide bonds. The van der Waals surface area contributed by atoms with Gasteiger partial charge in [0.1, 0.15) is 5.69 Å². The second-order valence-corrected chi connectivity index (χ2v) is 5.16. The predicted octanol–water partition coefficient (Wildman–Crippen LogP) is 1.65. The maximum atomic E-state index is 8.76. The SMILES string of the molecule is CC1CC(OCc2cccnc2/C(N)=N/O)CC(C)O1. The Bertz CT molecular complexity index is 468. The van der Waals surface area contributed by atoms with Gasteiger partial charge in [-0.15, -0.1) is 0 Å². The highest BCUT2D eigenvalue weighted by molar-refractivity contribution is 5.96. The van der Waals surface area contributed by atoms with E-state index in [4.69, 9.17) is 20.4 Å². The molecule has 1 fully saturated rings. The molecule has 1 aromatic heterocycles. The fourth-order valence-electron chi connectivity index (χ4n) is 2.52. The van der Waals surface area contributed by atoms with Crippen LogP contribution in [-0.2, 0) is 16.1 Å². The third-order valence-electron chi connectivity index (χ3n) is 3.37. The molecule has 6 nitrogen and oxygen atoms in total. The number of oxime groups is 1. The summed E-state index contributed by atoms with van der Waals surface area (Å²) in [6, 6.07) is 3.68. The lowest BCUT2D eigenvalue weighted by Crippen LogP contribution is -2.34. The molecule has 2 heterocycles. The fraction of sp³-hybridized carbons (Fsp3) is 0.571. The second kappa shape index (κ2) is 6.67. The maximum Gasteiger partial charge on any atom is 0.189 e. The highest BCUT2D eigenvalue weighted by Crippen LogP contribution is 2.22. The number of amidine groups is 1. The summed E-state index contributed by atoms with van der Waals surface area (Å²) in [6.45, 7) is 4.50. The van der Waals surface area contributed by atoms with Crippen molar-refractivity contribution >= 4 is 5.84 Å². The zero-order chi connectivity index (χ0) is 14.5. The molecule has 0 radical (unpaired) electrons. The van der Waals surface area contributed by atoms with Crippen LogP contribution in [0.3, 0.4) is 0 Å². The number of aromatic nitrogens is 1. The zero-order valence-corrected chi connectivity index (χ0v) is 11.8. The fourth-order valence-corrected chi connectivity index (χ4v) is 2.52. The van der Waals surface area contributed by atoms with E-state index in [9.17, 15) is 0 Å². The number of nitrogens with zero attached hydrogens (tertiary/aromatic N) is 2. The van der Waals surface area contributed by atoms with Crippen LogP contribution in [0.4, 0.5) is 0 Å². The first-order chi connectivity index (χ1) is 9.60. The molecule has 2 atom stereocenters. The Kier molecular flexibility index (Phi) is 4.92. The highest BCUT2D eigenvalue weighted by atomic mass is 16.5. The Hall–Kier alpha value is -1.66. The minimum absolute atomic E-state index is 0.00193. The minimum atomic E-state index is -0.00193. The topological polar surface area (TPSA) is 90.0 Å². The number of pyridine rings is 1. The van der Waals surface area contributed by atoms with Gasteiger partial charge in [-0.1, -0.05) is 11.2 Å². The second-order valence-electron chi connectivity index (χ2n) is 5.16. The van der Waals surface area contributed by atoms with E-state index in [-0.39, 0.29) is 24.1 Å². The van der Waals surface area contributed by atoms with Crippen molar-refractivity contribution in [2.75, 3.05) is 0 Å². The molecule has 2 unspecified atom stereocenters. The third-order valence-corrected chi connectivity index (χ3v) is 3.37. The molecule has 1 aliphatic rings. The molecule has 110 valence electrons. The Labute approximate surface area is 118 Å². The van der Waals surface area contributed by atoms with Crippen LogP contribution in [0.1, 0.15) is 37.9 Å². The summed E-state index contributed by atoms with van der Waals surface area (Å²) in [5.41, 5.74) is 6.89. The molecular weight excluding hydrogens is 258 g/mol. The smallest absolute Gasteiger partial charge is 0.189 e. The number of rotatable bonds is 4. The molecular formula is C14H21N3O3. The van der Waals surface area contributed by atoms with Crippen LogP contribution in [0.25, 0.3) is 0 Å². The summed E-state index contributed by atoms with van der Waals surface area (Å²) in [5.74, 6) is -0.00193. The van der Waals surface area contributed by atoms with E-state index in [1.165, 1.54) is 0 Å². The molecule has 1 saturated heterocycles. The molecule has 1 aromatic rings. The van der Waals surface area contributed by atoms with Crippen LogP contribution >= 0.6 is 0 Å². The lowest BCUT2D eigenvalue weighted by atomic mass is 10.0. The van der Waals surface area contributed by atoms with E-state index in [1.807, 2.05) is 12.1 Å². The molecule has 0 bridgehead atoms. The Morgan fingerprint density at radius 2 is 2.20 bits per heavy atom. The first-order valence-corrected chi connectivity index (χ1v) is 6.79. The molecule has 20 heavy (non-hydrogen) atoms. The summed E-state index contributed by atoms with van der Waals surface area (Å²) >= 11 is 0. The predicted molar refractivity (Wildman–Crippen MR) is 74.6 cm³/mol.